The van der Waals surface area contributed by atoms with Crippen LogP contribution < -0.4 is 5.32 Å². The molecule has 0 bridgehead atoms. The van der Waals surface area contributed by atoms with Crippen LogP contribution in [0.3, 0.4) is 0 Å². The van der Waals surface area contributed by atoms with Crippen LogP contribution in [-0.4, -0.2) is 37.0 Å². The predicted molar refractivity (Wildman–Crippen MR) is 83.1 cm³/mol. The summed E-state index contributed by atoms with van der Waals surface area (Å²) in [4.78, 5) is 0. The third-order valence-electron chi connectivity index (χ3n) is 5.23. The van der Waals surface area contributed by atoms with E-state index in [1.165, 1.54) is 32.1 Å². The maximum atomic E-state index is 6.08. The van der Waals surface area contributed by atoms with Crippen LogP contribution >= 0.6 is 0 Å². The summed E-state index contributed by atoms with van der Waals surface area (Å²) in [6, 6.07) is 1.28. The molecule has 2 fully saturated rings. The van der Waals surface area contributed by atoms with Crippen molar-refractivity contribution in [2.75, 3.05) is 13.2 Å². The summed E-state index contributed by atoms with van der Waals surface area (Å²) in [7, 11) is 0. The van der Waals surface area contributed by atoms with Crippen molar-refractivity contribution in [3.8, 4) is 0 Å². The lowest BCUT2D eigenvalue weighted by atomic mass is 9.85. The van der Waals surface area contributed by atoms with E-state index in [1.807, 2.05) is 0 Å². The number of hydrogen-bond donors (Lipinski definition) is 1. The zero-order chi connectivity index (χ0) is 14.4. The standard InChI is InChI=1S/C17H33NO2/c1-4-7-16-12-14(8-10-19-16)18-15-9-11-20-17(5-2,6-3)13-15/h14-16,18H,4-13H2,1-3H3. The van der Waals surface area contributed by atoms with E-state index in [-0.39, 0.29) is 5.60 Å². The fourth-order valence-electron chi connectivity index (χ4n) is 3.80. The van der Waals surface area contributed by atoms with Crippen LogP contribution in [0.5, 0.6) is 0 Å². The molecular weight excluding hydrogens is 250 g/mol. The first-order valence-corrected chi connectivity index (χ1v) is 8.73. The van der Waals surface area contributed by atoms with Crippen LogP contribution in [0.25, 0.3) is 0 Å². The lowest BCUT2D eigenvalue weighted by Gasteiger charge is -2.42. The van der Waals surface area contributed by atoms with Gasteiger partial charge in [-0.15, -0.1) is 0 Å². The van der Waals surface area contributed by atoms with E-state index in [1.54, 1.807) is 0 Å². The second kappa shape index (κ2) is 7.77. The van der Waals surface area contributed by atoms with Gasteiger partial charge in [0.1, 0.15) is 0 Å². The van der Waals surface area contributed by atoms with Crippen LogP contribution in [0.1, 0.15) is 72.1 Å². The normalized spacial score (nSPS) is 34.0. The van der Waals surface area contributed by atoms with Crippen LogP contribution in [0.4, 0.5) is 0 Å². The Bertz CT molecular complexity index is 276. The molecule has 3 nitrogen and oxygen atoms in total. The highest BCUT2D eigenvalue weighted by molar-refractivity contribution is 4.90. The Balaban J connectivity index is 1.83. The zero-order valence-electron chi connectivity index (χ0n) is 13.6. The largest absolute Gasteiger partial charge is 0.378 e. The Morgan fingerprint density at radius 3 is 2.50 bits per heavy atom. The molecule has 3 unspecified atom stereocenters. The number of hydrogen-bond acceptors (Lipinski definition) is 3. The van der Waals surface area contributed by atoms with Gasteiger partial charge in [0.15, 0.2) is 0 Å². The molecule has 0 radical (unpaired) electrons. The molecule has 0 aliphatic carbocycles. The summed E-state index contributed by atoms with van der Waals surface area (Å²) in [5, 5.41) is 3.91. The van der Waals surface area contributed by atoms with Gasteiger partial charge in [-0.3, -0.25) is 0 Å². The Morgan fingerprint density at radius 2 is 1.80 bits per heavy atom. The topological polar surface area (TPSA) is 30.5 Å². The highest BCUT2D eigenvalue weighted by atomic mass is 16.5. The van der Waals surface area contributed by atoms with Crippen molar-refractivity contribution in [1.29, 1.82) is 0 Å². The molecule has 0 saturated carbocycles. The van der Waals surface area contributed by atoms with Gasteiger partial charge in [0, 0.05) is 25.3 Å². The van der Waals surface area contributed by atoms with Gasteiger partial charge in [0.05, 0.1) is 11.7 Å². The van der Waals surface area contributed by atoms with E-state index < -0.39 is 0 Å². The van der Waals surface area contributed by atoms with Crippen molar-refractivity contribution in [3.63, 3.8) is 0 Å². The molecule has 0 amide bonds. The second-order valence-corrected chi connectivity index (χ2v) is 6.60. The van der Waals surface area contributed by atoms with Crippen molar-refractivity contribution >= 4 is 0 Å². The van der Waals surface area contributed by atoms with Crippen molar-refractivity contribution < 1.29 is 9.47 Å². The van der Waals surface area contributed by atoms with Gasteiger partial charge >= 0.3 is 0 Å². The summed E-state index contributed by atoms with van der Waals surface area (Å²) in [5.74, 6) is 0. The SMILES string of the molecule is CCCC1CC(NC2CCOC(CC)(CC)C2)CCO1. The number of ether oxygens (including phenoxy) is 2. The van der Waals surface area contributed by atoms with Gasteiger partial charge in [-0.1, -0.05) is 27.2 Å². The third-order valence-corrected chi connectivity index (χ3v) is 5.23. The molecule has 118 valence electrons. The molecule has 2 saturated heterocycles. The molecule has 20 heavy (non-hydrogen) atoms. The lowest BCUT2D eigenvalue weighted by molar-refractivity contribution is -0.0964. The quantitative estimate of drug-likeness (QED) is 0.807. The molecule has 3 atom stereocenters. The van der Waals surface area contributed by atoms with Gasteiger partial charge in [-0.05, 0) is 44.9 Å². The highest BCUT2D eigenvalue weighted by Crippen LogP contribution is 2.32. The van der Waals surface area contributed by atoms with Crippen LogP contribution in [0, 0.1) is 0 Å². The summed E-state index contributed by atoms with van der Waals surface area (Å²) >= 11 is 0. The van der Waals surface area contributed by atoms with E-state index >= 15 is 0 Å². The molecule has 3 heteroatoms. The minimum atomic E-state index is 0.129. The van der Waals surface area contributed by atoms with Gasteiger partial charge in [-0.2, -0.15) is 0 Å². The van der Waals surface area contributed by atoms with E-state index in [0.29, 0.717) is 18.2 Å². The van der Waals surface area contributed by atoms with E-state index in [9.17, 15) is 0 Å². The maximum Gasteiger partial charge on any atom is 0.0692 e. The Labute approximate surface area is 124 Å². The fraction of sp³-hybridized carbons (Fsp3) is 1.00. The van der Waals surface area contributed by atoms with Crippen LogP contribution in [-0.2, 0) is 9.47 Å². The Kier molecular flexibility index (Phi) is 6.31. The molecule has 0 aromatic carbocycles. The third kappa shape index (κ3) is 4.19. The van der Waals surface area contributed by atoms with Gasteiger partial charge < -0.3 is 14.8 Å². The van der Waals surface area contributed by atoms with Gasteiger partial charge in [0.2, 0.25) is 0 Å². The summed E-state index contributed by atoms with van der Waals surface area (Å²) in [6.07, 6.45) is 9.88. The van der Waals surface area contributed by atoms with Crippen LogP contribution in [0.2, 0.25) is 0 Å². The minimum Gasteiger partial charge on any atom is -0.378 e. The number of rotatable bonds is 6. The van der Waals surface area contributed by atoms with Crippen LogP contribution in [0.15, 0.2) is 0 Å². The first kappa shape index (κ1) is 16.3. The molecule has 2 aliphatic rings. The monoisotopic (exact) mass is 283 g/mol. The van der Waals surface area contributed by atoms with E-state index in [0.717, 1.165) is 32.5 Å². The molecule has 2 heterocycles. The Hall–Kier alpha value is -0.120. The predicted octanol–water partition coefficient (Wildman–Crippen LogP) is 3.66. The average molecular weight is 283 g/mol. The molecule has 2 rings (SSSR count). The summed E-state index contributed by atoms with van der Waals surface area (Å²) in [5.41, 5.74) is 0.129. The summed E-state index contributed by atoms with van der Waals surface area (Å²) in [6.45, 7) is 8.62. The maximum absolute atomic E-state index is 6.08. The average Bonchev–Trinajstić information content (AvgIpc) is 2.48. The smallest absolute Gasteiger partial charge is 0.0692 e. The molecule has 2 aliphatic heterocycles. The molecular formula is C17H33NO2. The van der Waals surface area contributed by atoms with Gasteiger partial charge in [-0.25, -0.2) is 0 Å². The van der Waals surface area contributed by atoms with Crippen molar-refractivity contribution in [2.45, 2.75) is 95.9 Å². The first-order valence-electron chi connectivity index (χ1n) is 8.73. The molecule has 0 aromatic heterocycles. The lowest BCUT2D eigenvalue weighted by Crippen LogP contribution is -2.51. The Morgan fingerprint density at radius 1 is 1.05 bits per heavy atom. The van der Waals surface area contributed by atoms with Gasteiger partial charge in [0.25, 0.3) is 0 Å². The van der Waals surface area contributed by atoms with Crippen molar-refractivity contribution in [3.05, 3.63) is 0 Å². The van der Waals surface area contributed by atoms with Crippen molar-refractivity contribution in [2.24, 2.45) is 0 Å². The molecule has 1 N–H and O–H groups in total. The molecule has 0 spiro atoms. The minimum absolute atomic E-state index is 0.129. The fourth-order valence-corrected chi connectivity index (χ4v) is 3.80. The first-order chi connectivity index (χ1) is 9.71. The zero-order valence-corrected chi connectivity index (χ0v) is 13.6. The number of nitrogens with one attached hydrogen (secondary N) is 1. The highest BCUT2D eigenvalue weighted by Gasteiger charge is 2.35. The second-order valence-electron chi connectivity index (χ2n) is 6.60. The van der Waals surface area contributed by atoms with E-state index in [4.69, 9.17) is 9.47 Å². The molecule has 0 aromatic rings. The van der Waals surface area contributed by atoms with Crippen molar-refractivity contribution in [1.82, 2.24) is 5.32 Å². The summed E-state index contributed by atoms with van der Waals surface area (Å²) < 4.78 is 11.9. The van der Waals surface area contributed by atoms with E-state index in [2.05, 4.69) is 26.1 Å².